The van der Waals surface area contributed by atoms with Gasteiger partial charge in [0, 0.05) is 12.2 Å². The molecule has 0 aliphatic rings. The molecule has 5 heteroatoms. The molecule has 2 rings (SSSR count). The predicted molar refractivity (Wildman–Crippen MR) is 97.5 cm³/mol. The fourth-order valence-electron chi connectivity index (χ4n) is 2.40. The molecule has 2 aromatic carbocycles. The summed E-state index contributed by atoms with van der Waals surface area (Å²) in [5.74, 6) is -0.458. The third kappa shape index (κ3) is 4.59. The number of rotatable bonds is 6. The van der Waals surface area contributed by atoms with E-state index in [-0.39, 0.29) is 18.4 Å². The summed E-state index contributed by atoms with van der Waals surface area (Å²) in [6, 6.07) is 14.4. The van der Waals surface area contributed by atoms with Crippen molar-refractivity contribution in [3.63, 3.8) is 0 Å². The van der Waals surface area contributed by atoms with E-state index in [2.05, 4.69) is 5.32 Å². The molecule has 0 bridgehead atoms. The monoisotopic (exact) mass is 344 g/mol. The predicted octanol–water partition coefficient (Wildman–Crippen LogP) is 4.14. The molecule has 0 atom stereocenters. The first kappa shape index (κ1) is 18.0. The molecule has 0 aliphatic heterocycles. The zero-order valence-corrected chi connectivity index (χ0v) is 14.6. The SMILES string of the molecule is CCCN(CC(=O)Nc1ccccc1C)C(=O)c1ccccc1Cl. The van der Waals surface area contributed by atoms with Crippen LogP contribution in [-0.2, 0) is 4.79 Å². The lowest BCUT2D eigenvalue weighted by Gasteiger charge is -2.22. The summed E-state index contributed by atoms with van der Waals surface area (Å²) >= 11 is 6.10. The molecule has 2 aromatic rings. The van der Waals surface area contributed by atoms with Crippen molar-refractivity contribution in [1.29, 1.82) is 0 Å². The van der Waals surface area contributed by atoms with Crippen molar-refractivity contribution in [3.8, 4) is 0 Å². The number of benzene rings is 2. The molecule has 1 N–H and O–H groups in total. The van der Waals surface area contributed by atoms with Crippen molar-refractivity contribution < 1.29 is 9.59 Å². The highest BCUT2D eigenvalue weighted by Crippen LogP contribution is 2.18. The number of halogens is 1. The molecule has 0 radical (unpaired) electrons. The molecule has 0 aromatic heterocycles. The number of carbonyl (C=O) groups is 2. The van der Waals surface area contributed by atoms with Crippen molar-refractivity contribution in [2.75, 3.05) is 18.4 Å². The van der Waals surface area contributed by atoms with E-state index >= 15 is 0 Å². The summed E-state index contributed by atoms with van der Waals surface area (Å²) in [7, 11) is 0. The molecule has 24 heavy (non-hydrogen) atoms. The quantitative estimate of drug-likeness (QED) is 0.856. The Morgan fingerprint density at radius 1 is 1.08 bits per heavy atom. The zero-order chi connectivity index (χ0) is 17.5. The average molecular weight is 345 g/mol. The Labute approximate surface area is 147 Å². The van der Waals surface area contributed by atoms with Gasteiger partial charge in [-0.15, -0.1) is 0 Å². The van der Waals surface area contributed by atoms with Crippen molar-refractivity contribution >= 4 is 29.1 Å². The van der Waals surface area contributed by atoms with Crippen LogP contribution in [0.3, 0.4) is 0 Å². The van der Waals surface area contributed by atoms with Crippen molar-refractivity contribution in [2.24, 2.45) is 0 Å². The molecule has 0 unspecified atom stereocenters. The minimum absolute atomic E-state index is 0.00771. The molecule has 0 spiro atoms. The Morgan fingerprint density at radius 2 is 1.75 bits per heavy atom. The Balaban J connectivity index is 2.10. The number of hydrogen-bond donors (Lipinski definition) is 1. The van der Waals surface area contributed by atoms with Gasteiger partial charge in [-0.2, -0.15) is 0 Å². The minimum Gasteiger partial charge on any atom is -0.329 e. The smallest absolute Gasteiger partial charge is 0.255 e. The van der Waals surface area contributed by atoms with E-state index in [9.17, 15) is 9.59 Å². The van der Waals surface area contributed by atoms with Crippen molar-refractivity contribution in [3.05, 3.63) is 64.7 Å². The number of nitrogens with zero attached hydrogens (tertiary/aromatic N) is 1. The number of carbonyl (C=O) groups excluding carboxylic acids is 2. The molecule has 0 saturated carbocycles. The first-order valence-electron chi connectivity index (χ1n) is 7.92. The van der Waals surface area contributed by atoms with Gasteiger partial charge in [0.25, 0.3) is 5.91 Å². The maximum atomic E-state index is 12.7. The van der Waals surface area contributed by atoms with Crippen LogP contribution in [0.4, 0.5) is 5.69 Å². The van der Waals surface area contributed by atoms with E-state index in [1.807, 2.05) is 38.1 Å². The first-order valence-corrected chi connectivity index (χ1v) is 8.30. The maximum absolute atomic E-state index is 12.7. The number of para-hydroxylation sites is 1. The number of anilines is 1. The first-order chi connectivity index (χ1) is 11.5. The van der Waals surface area contributed by atoms with Crippen LogP contribution in [-0.4, -0.2) is 29.8 Å². The number of aryl methyl sites for hydroxylation is 1. The Hall–Kier alpha value is -2.33. The summed E-state index contributed by atoms with van der Waals surface area (Å²) < 4.78 is 0. The zero-order valence-electron chi connectivity index (χ0n) is 13.9. The minimum atomic E-state index is -0.234. The maximum Gasteiger partial charge on any atom is 0.255 e. The number of hydrogen-bond acceptors (Lipinski definition) is 2. The van der Waals surface area contributed by atoms with Crippen LogP contribution in [0.5, 0.6) is 0 Å². The highest BCUT2D eigenvalue weighted by molar-refractivity contribution is 6.33. The standard InChI is InChI=1S/C19H21ClN2O2/c1-3-12-22(19(24)15-9-5-6-10-16(15)20)13-18(23)21-17-11-7-4-8-14(17)2/h4-11H,3,12-13H2,1-2H3,(H,21,23). The van der Waals surface area contributed by atoms with E-state index < -0.39 is 0 Å². The van der Waals surface area contributed by atoms with Gasteiger partial charge in [-0.3, -0.25) is 9.59 Å². The van der Waals surface area contributed by atoms with E-state index in [1.54, 1.807) is 24.3 Å². The Bertz CT molecular complexity index is 731. The second-order valence-corrected chi connectivity index (χ2v) is 5.98. The fraction of sp³-hybridized carbons (Fsp3) is 0.263. The van der Waals surface area contributed by atoms with Crippen LogP contribution in [0.25, 0.3) is 0 Å². The van der Waals surface area contributed by atoms with Crippen LogP contribution in [0.15, 0.2) is 48.5 Å². The fourth-order valence-corrected chi connectivity index (χ4v) is 2.62. The molecule has 0 saturated heterocycles. The normalized spacial score (nSPS) is 10.3. The summed E-state index contributed by atoms with van der Waals surface area (Å²) in [4.78, 5) is 26.5. The summed E-state index contributed by atoms with van der Waals surface area (Å²) in [6.07, 6.45) is 0.758. The third-order valence-electron chi connectivity index (χ3n) is 3.64. The van der Waals surface area contributed by atoms with Gasteiger partial charge in [0.1, 0.15) is 6.54 Å². The largest absolute Gasteiger partial charge is 0.329 e. The van der Waals surface area contributed by atoms with Crippen molar-refractivity contribution in [1.82, 2.24) is 4.90 Å². The second-order valence-electron chi connectivity index (χ2n) is 5.57. The third-order valence-corrected chi connectivity index (χ3v) is 3.97. The number of amides is 2. The van der Waals surface area contributed by atoms with Crippen LogP contribution >= 0.6 is 11.6 Å². The second kappa shape index (κ2) is 8.50. The highest BCUT2D eigenvalue weighted by Gasteiger charge is 2.20. The molecule has 0 aliphatic carbocycles. The molecular formula is C19H21ClN2O2. The Kier molecular flexibility index (Phi) is 6.38. The molecule has 126 valence electrons. The molecule has 4 nitrogen and oxygen atoms in total. The van der Waals surface area contributed by atoms with Gasteiger partial charge in [0.15, 0.2) is 0 Å². The summed E-state index contributed by atoms with van der Waals surface area (Å²) in [5.41, 5.74) is 2.14. The lowest BCUT2D eigenvalue weighted by atomic mass is 10.2. The Morgan fingerprint density at radius 3 is 2.42 bits per heavy atom. The van der Waals surface area contributed by atoms with E-state index in [0.717, 1.165) is 17.7 Å². The van der Waals surface area contributed by atoms with Gasteiger partial charge in [0.05, 0.1) is 10.6 Å². The molecule has 0 fully saturated rings. The van der Waals surface area contributed by atoms with Gasteiger partial charge < -0.3 is 10.2 Å². The van der Waals surface area contributed by atoms with Gasteiger partial charge in [-0.1, -0.05) is 48.9 Å². The van der Waals surface area contributed by atoms with Gasteiger partial charge >= 0.3 is 0 Å². The van der Waals surface area contributed by atoms with E-state index in [4.69, 9.17) is 11.6 Å². The van der Waals surface area contributed by atoms with Gasteiger partial charge in [0.2, 0.25) is 5.91 Å². The molecular weight excluding hydrogens is 324 g/mol. The van der Waals surface area contributed by atoms with Crippen LogP contribution in [0, 0.1) is 6.92 Å². The lowest BCUT2D eigenvalue weighted by Crippen LogP contribution is -2.38. The topological polar surface area (TPSA) is 49.4 Å². The van der Waals surface area contributed by atoms with E-state index in [1.165, 1.54) is 4.90 Å². The molecule has 2 amide bonds. The van der Waals surface area contributed by atoms with Crippen LogP contribution in [0.2, 0.25) is 5.02 Å². The van der Waals surface area contributed by atoms with Gasteiger partial charge in [-0.25, -0.2) is 0 Å². The number of nitrogens with one attached hydrogen (secondary N) is 1. The van der Waals surface area contributed by atoms with Crippen LogP contribution < -0.4 is 5.32 Å². The van der Waals surface area contributed by atoms with Crippen molar-refractivity contribution in [2.45, 2.75) is 20.3 Å². The summed E-state index contributed by atoms with van der Waals surface area (Å²) in [6.45, 7) is 4.37. The summed E-state index contributed by atoms with van der Waals surface area (Å²) in [5, 5.41) is 3.25. The molecule has 0 heterocycles. The average Bonchev–Trinajstić information content (AvgIpc) is 2.56. The van der Waals surface area contributed by atoms with E-state index in [0.29, 0.717) is 17.1 Å². The lowest BCUT2D eigenvalue weighted by molar-refractivity contribution is -0.116. The highest BCUT2D eigenvalue weighted by atomic mass is 35.5. The van der Waals surface area contributed by atoms with Gasteiger partial charge in [-0.05, 0) is 37.1 Å². The van der Waals surface area contributed by atoms with Crippen LogP contribution in [0.1, 0.15) is 29.3 Å².